The van der Waals surface area contributed by atoms with Crippen molar-refractivity contribution < 1.29 is 14.3 Å². The first-order valence-electron chi connectivity index (χ1n) is 9.55. The number of nitrogens with zero attached hydrogens (tertiary/aromatic N) is 2. The molecule has 3 aliphatic heterocycles. The first-order valence-corrected chi connectivity index (χ1v) is 9.55. The van der Waals surface area contributed by atoms with Gasteiger partial charge >= 0.3 is 0 Å². The minimum atomic E-state index is -0.260. The second kappa shape index (κ2) is 6.91. The van der Waals surface area contributed by atoms with Crippen LogP contribution in [0.1, 0.15) is 31.2 Å². The maximum Gasteiger partial charge on any atom is 0.228 e. The Labute approximate surface area is 154 Å². The number of anilines is 1. The van der Waals surface area contributed by atoms with Gasteiger partial charge in [-0.3, -0.25) is 9.59 Å². The van der Waals surface area contributed by atoms with Crippen molar-refractivity contribution >= 4 is 17.5 Å². The van der Waals surface area contributed by atoms with Crippen molar-refractivity contribution in [2.75, 3.05) is 31.6 Å². The molecule has 0 radical (unpaired) electrons. The third-order valence-corrected chi connectivity index (χ3v) is 5.93. The molecule has 3 atom stereocenters. The zero-order valence-electron chi connectivity index (χ0n) is 15.5. The van der Waals surface area contributed by atoms with Crippen LogP contribution in [0, 0.1) is 12.8 Å². The summed E-state index contributed by atoms with van der Waals surface area (Å²) in [5.74, 6) is 0.543. The fourth-order valence-corrected chi connectivity index (χ4v) is 4.52. The molecule has 0 aliphatic carbocycles. The zero-order chi connectivity index (χ0) is 18.3. The lowest BCUT2D eigenvalue weighted by molar-refractivity contribution is -0.136. The van der Waals surface area contributed by atoms with Gasteiger partial charge in [-0.2, -0.15) is 0 Å². The van der Waals surface area contributed by atoms with Crippen molar-refractivity contribution in [3.8, 4) is 5.75 Å². The second-order valence-electron chi connectivity index (χ2n) is 7.79. The molecule has 3 unspecified atom stereocenters. The van der Waals surface area contributed by atoms with Gasteiger partial charge in [-0.05, 0) is 43.9 Å². The van der Waals surface area contributed by atoms with Crippen LogP contribution in [0.15, 0.2) is 18.2 Å². The van der Waals surface area contributed by atoms with Crippen LogP contribution < -0.4 is 15.0 Å². The molecule has 2 amide bonds. The van der Waals surface area contributed by atoms with Gasteiger partial charge in [0.1, 0.15) is 5.75 Å². The molecule has 4 rings (SSSR count). The van der Waals surface area contributed by atoms with E-state index in [4.69, 9.17) is 4.74 Å². The Balaban J connectivity index is 1.49. The van der Waals surface area contributed by atoms with Gasteiger partial charge < -0.3 is 19.9 Å². The number of rotatable bonds is 3. The van der Waals surface area contributed by atoms with Gasteiger partial charge in [0, 0.05) is 38.1 Å². The van der Waals surface area contributed by atoms with Gasteiger partial charge in [0.2, 0.25) is 11.8 Å². The highest BCUT2D eigenvalue weighted by Crippen LogP contribution is 2.34. The molecule has 2 bridgehead atoms. The number of carbonyl (C=O) groups is 2. The third-order valence-electron chi connectivity index (χ3n) is 5.93. The molecule has 1 aromatic carbocycles. The van der Waals surface area contributed by atoms with Gasteiger partial charge in [0.15, 0.2) is 0 Å². The topological polar surface area (TPSA) is 61.9 Å². The van der Waals surface area contributed by atoms with E-state index < -0.39 is 0 Å². The van der Waals surface area contributed by atoms with Crippen molar-refractivity contribution in [3.05, 3.63) is 23.8 Å². The Morgan fingerprint density at radius 3 is 2.81 bits per heavy atom. The van der Waals surface area contributed by atoms with Crippen molar-refractivity contribution in [3.63, 3.8) is 0 Å². The standard InChI is InChI=1S/C20H27N3O3/c1-13-3-6-18(26-2)17(9-13)23-11-14(10-19(23)24)20(25)22-8-7-15-4-5-16(12-22)21-15/h3,6,9,14-16,21H,4-5,7-8,10-12H2,1-2H3. The van der Waals surface area contributed by atoms with E-state index in [2.05, 4.69) is 5.32 Å². The summed E-state index contributed by atoms with van der Waals surface area (Å²) in [6, 6.07) is 6.76. The summed E-state index contributed by atoms with van der Waals surface area (Å²) in [5, 5.41) is 3.61. The number of aryl methyl sites for hydroxylation is 1. The Bertz CT molecular complexity index is 720. The monoisotopic (exact) mass is 357 g/mol. The van der Waals surface area contributed by atoms with E-state index in [-0.39, 0.29) is 24.2 Å². The Hall–Kier alpha value is -2.08. The van der Waals surface area contributed by atoms with Crippen LogP contribution in [0.5, 0.6) is 5.75 Å². The van der Waals surface area contributed by atoms with Crippen molar-refractivity contribution in [2.45, 2.75) is 44.7 Å². The maximum atomic E-state index is 13.1. The maximum absolute atomic E-state index is 13.1. The number of fused-ring (bicyclic) bond motifs is 2. The van der Waals surface area contributed by atoms with Crippen LogP contribution in [-0.2, 0) is 9.59 Å². The number of methoxy groups -OCH3 is 1. The van der Waals surface area contributed by atoms with Crippen molar-refractivity contribution in [2.24, 2.45) is 5.92 Å². The molecule has 3 heterocycles. The summed E-state index contributed by atoms with van der Waals surface area (Å²) in [6.45, 7) is 4.00. The highest BCUT2D eigenvalue weighted by molar-refractivity contribution is 6.01. The predicted molar refractivity (Wildman–Crippen MR) is 99.3 cm³/mol. The first-order chi connectivity index (χ1) is 12.5. The van der Waals surface area contributed by atoms with E-state index >= 15 is 0 Å². The van der Waals surface area contributed by atoms with E-state index in [1.165, 1.54) is 6.42 Å². The van der Waals surface area contributed by atoms with Gasteiger partial charge in [0.05, 0.1) is 18.7 Å². The smallest absolute Gasteiger partial charge is 0.228 e. The molecule has 0 saturated carbocycles. The Morgan fingerprint density at radius 1 is 1.19 bits per heavy atom. The predicted octanol–water partition coefficient (Wildman–Crippen LogP) is 1.71. The van der Waals surface area contributed by atoms with Crippen LogP contribution in [0.3, 0.4) is 0 Å². The molecule has 1 aromatic rings. The molecular weight excluding hydrogens is 330 g/mol. The lowest BCUT2D eigenvalue weighted by atomic mass is 10.0. The van der Waals surface area contributed by atoms with Crippen molar-refractivity contribution in [1.29, 1.82) is 0 Å². The molecule has 6 nitrogen and oxygen atoms in total. The number of nitrogens with one attached hydrogen (secondary N) is 1. The average Bonchev–Trinajstić information content (AvgIpc) is 3.16. The molecule has 3 saturated heterocycles. The highest BCUT2D eigenvalue weighted by atomic mass is 16.5. The minimum absolute atomic E-state index is 0.00159. The molecule has 1 N–H and O–H groups in total. The number of ether oxygens (including phenoxy) is 1. The number of hydrogen-bond donors (Lipinski definition) is 1. The van der Waals surface area contributed by atoms with Crippen LogP contribution in [0.4, 0.5) is 5.69 Å². The van der Waals surface area contributed by atoms with Gasteiger partial charge in [-0.1, -0.05) is 6.07 Å². The largest absolute Gasteiger partial charge is 0.495 e. The van der Waals surface area contributed by atoms with E-state index in [9.17, 15) is 9.59 Å². The van der Waals surface area contributed by atoms with E-state index in [0.29, 0.717) is 24.4 Å². The normalized spacial score (nSPS) is 28.4. The molecule has 0 spiro atoms. The van der Waals surface area contributed by atoms with Crippen molar-refractivity contribution in [1.82, 2.24) is 10.2 Å². The lowest BCUT2D eigenvalue weighted by Gasteiger charge is -2.27. The third kappa shape index (κ3) is 3.18. The Morgan fingerprint density at radius 2 is 2.00 bits per heavy atom. The number of amides is 2. The van der Waals surface area contributed by atoms with E-state index in [1.807, 2.05) is 30.0 Å². The molecule has 6 heteroatoms. The number of hydrogen-bond acceptors (Lipinski definition) is 4. The molecule has 26 heavy (non-hydrogen) atoms. The van der Waals surface area contributed by atoms with Gasteiger partial charge in [0.25, 0.3) is 0 Å². The number of benzene rings is 1. The summed E-state index contributed by atoms with van der Waals surface area (Å²) in [7, 11) is 1.61. The average molecular weight is 357 g/mol. The lowest BCUT2D eigenvalue weighted by Crippen LogP contribution is -2.42. The fourth-order valence-electron chi connectivity index (χ4n) is 4.52. The second-order valence-corrected chi connectivity index (χ2v) is 7.79. The van der Waals surface area contributed by atoms with Crippen LogP contribution >= 0.6 is 0 Å². The molecule has 3 fully saturated rings. The van der Waals surface area contributed by atoms with E-state index in [1.54, 1.807) is 12.0 Å². The Kier molecular flexibility index (Phi) is 4.61. The van der Waals surface area contributed by atoms with Gasteiger partial charge in [-0.15, -0.1) is 0 Å². The SMILES string of the molecule is COc1ccc(C)cc1N1CC(C(=O)N2CCC3CCC(C2)N3)CC1=O. The quantitative estimate of drug-likeness (QED) is 0.895. The number of carbonyl (C=O) groups excluding carboxylic acids is 2. The van der Waals surface area contributed by atoms with Gasteiger partial charge in [-0.25, -0.2) is 0 Å². The highest BCUT2D eigenvalue weighted by Gasteiger charge is 2.40. The fraction of sp³-hybridized carbons (Fsp3) is 0.600. The summed E-state index contributed by atoms with van der Waals surface area (Å²) in [5.41, 5.74) is 1.84. The molecule has 140 valence electrons. The zero-order valence-corrected chi connectivity index (χ0v) is 15.5. The van der Waals surface area contributed by atoms with Crippen LogP contribution in [-0.4, -0.2) is 55.5 Å². The summed E-state index contributed by atoms with van der Waals surface area (Å²) in [6.07, 6.45) is 3.66. The summed E-state index contributed by atoms with van der Waals surface area (Å²) in [4.78, 5) is 29.4. The van der Waals surface area contributed by atoms with Crippen LogP contribution in [0.2, 0.25) is 0 Å². The number of likely N-dealkylation sites (tertiary alicyclic amines) is 1. The minimum Gasteiger partial charge on any atom is -0.495 e. The molecule has 0 aromatic heterocycles. The summed E-state index contributed by atoms with van der Waals surface area (Å²) >= 11 is 0. The summed E-state index contributed by atoms with van der Waals surface area (Å²) < 4.78 is 5.43. The van der Waals surface area contributed by atoms with E-state index in [0.717, 1.165) is 37.2 Å². The van der Waals surface area contributed by atoms with Crippen LogP contribution in [0.25, 0.3) is 0 Å². The molecular formula is C20H27N3O3. The molecule has 3 aliphatic rings. The first kappa shape index (κ1) is 17.3.